The molecule has 0 saturated heterocycles. The van der Waals surface area contributed by atoms with E-state index in [4.69, 9.17) is 0 Å². The monoisotopic (exact) mass is 334 g/mol. The van der Waals surface area contributed by atoms with Crippen molar-refractivity contribution < 1.29 is 4.39 Å². The van der Waals surface area contributed by atoms with Gasteiger partial charge in [-0.3, -0.25) is 4.90 Å². The fourth-order valence-corrected chi connectivity index (χ4v) is 3.93. The summed E-state index contributed by atoms with van der Waals surface area (Å²) in [4.78, 5) is 2.48. The first kappa shape index (κ1) is 16.1. The maximum absolute atomic E-state index is 13.7. The van der Waals surface area contributed by atoms with Crippen LogP contribution in [0.4, 0.5) is 4.39 Å². The molecule has 0 fully saturated rings. The van der Waals surface area contributed by atoms with Crippen molar-refractivity contribution in [3.8, 4) is 0 Å². The molecule has 1 aliphatic rings. The van der Waals surface area contributed by atoms with Crippen LogP contribution >= 0.6 is 0 Å². The first-order valence-corrected chi connectivity index (χ1v) is 8.91. The lowest BCUT2D eigenvalue weighted by Crippen LogP contribution is -2.30. The van der Waals surface area contributed by atoms with E-state index in [1.165, 1.54) is 22.9 Å². The topological polar surface area (TPSA) is 8.17 Å². The third kappa shape index (κ3) is 3.24. The first-order chi connectivity index (χ1) is 12.2. The Balaban J connectivity index is 1.77. The molecule has 0 N–H and O–H groups in total. The molecular weight excluding hydrogens is 311 g/mol. The van der Waals surface area contributed by atoms with Crippen molar-refractivity contribution in [2.75, 3.05) is 6.54 Å². The molecule has 2 heterocycles. The highest BCUT2D eigenvalue weighted by atomic mass is 19.1. The highest BCUT2D eigenvalue weighted by Gasteiger charge is 2.28. The predicted octanol–water partition coefficient (Wildman–Crippen LogP) is 4.93. The van der Waals surface area contributed by atoms with Gasteiger partial charge in [0, 0.05) is 31.5 Å². The van der Waals surface area contributed by atoms with Gasteiger partial charge in [0.15, 0.2) is 0 Å². The van der Waals surface area contributed by atoms with Crippen molar-refractivity contribution in [2.45, 2.75) is 32.5 Å². The van der Waals surface area contributed by atoms with Crippen LogP contribution in [0.25, 0.3) is 0 Å². The van der Waals surface area contributed by atoms with Gasteiger partial charge in [0.2, 0.25) is 0 Å². The van der Waals surface area contributed by atoms with Gasteiger partial charge in [-0.05, 0) is 54.3 Å². The van der Waals surface area contributed by atoms with Crippen molar-refractivity contribution in [1.29, 1.82) is 0 Å². The maximum atomic E-state index is 13.7. The number of rotatable bonds is 3. The Labute approximate surface area is 148 Å². The van der Waals surface area contributed by atoms with Gasteiger partial charge in [0.05, 0.1) is 6.04 Å². The molecule has 128 valence electrons. The van der Waals surface area contributed by atoms with Crippen molar-refractivity contribution in [2.24, 2.45) is 0 Å². The van der Waals surface area contributed by atoms with Gasteiger partial charge < -0.3 is 4.57 Å². The normalized spacial score (nSPS) is 17.9. The van der Waals surface area contributed by atoms with E-state index in [0.717, 1.165) is 31.6 Å². The van der Waals surface area contributed by atoms with Crippen LogP contribution in [0, 0.1) is 12.7 Å². The molecule has 0 aliphatic carbocycles. The zero-order chi connectivity index (χ0) is 17.2. The number of aromatic nitrogens is 1. The molecule has 3 heteroatoms. The third-order valence-electron chi connectivity index (χ3n) is 5.11. The van der Waals surface area contributed by atoms with Crippen LogP contribution in [0.3, 0.4) is 0 Å². The highest BCUT2D eigenvalue weighted by Crippen LogP contribution is 2.34. The molecule has 0 amide bonds. The molecule has 1 aliphatic heterocycles. The Hall–Kier alpha value is -2.39. The molecule has 25 heavy (non-hydrogen) atoms. The zero-order valence-electron chi connectivity index (χ0n) is 14.5. The summed E-state index contributed by atoms with van der Waals surface area (Å²) >= 11 is 0. The van der Waals surface area contributed by atoms with E-state index in [9.17, 15) is 4.39 Å². The fourth-order valence-electron chi connectivity index (χ4n) is 3.93. The quantitative estimate of drug-likeness (QED) is 0.659. The van der Waals surface area contributed by atoms with Gasteiger partial charge >= 0.3 is 0 Å². The van der Waals surface area contributed by atoms with Gasteiger partial charge in [0.25, 0.3) is 0 Å². The number of hydrogen-bond donors (Lipinski definition) is 0. The molecular formula is C22H23FN2. The second-order valence-corrected chi connectivity index (χ2v) is 6.84. The molecule has 0 bridgehead atoms. The van der Waals surface area contributed by atoms with E-state index in [1.807, 2.05) is 6.07 Å². The standard InChI is InChI=1S/C22H23FN2/c1-17-7-2-3-10-20(17)22-21-11-5-12-24(21)13-6-14-25(22)16-18-8-4-9-19(23)15-18/h2-5,7-12,15,22H,6,13-14,16H2,1H3. The van der Waals surface area contributed by atoms with Crippen LogP contribution in [0.5, 0.6) is 0 Å². The van der Waals surface area contributed by atoms with Crippen molar-refractivity contribution >= 4 is 0 Å². The first-order valence-electron chi connectivity index (χ1n) is 8.91. The molecule has 0 radical (unpaired) electrons. The molecule has 3 aromatic rings. The molecule has 0 saturated carbocycles. The second kappa shape index (κ2) is 6.85. The largest absolute Gasteiger partial charge is 0.350 e. The third-order valence-corrected chi connectivity index (χ3v) is 5.11. The smallest absolute Gasteiger partial charge is 0.123 e. The number of benzene rings is 2. The fraction of sp³-hybridized carbons (Fsp3) is 0.273. The van der Waals surface area contributed by atoms with Crippen molar-refractivity contribution in [3.05, 3.63) is 95.1 Å². The van der Waals surface area contributed by atoms with Gasteiger partial charge in [-0.2, -0.15) is 0 Å². The van der Waals surface area contributed by atoms with Gasteiger partial charge in [-0.15, -0.1) is 0 Å². The van der Waals surface area contributed by atoms with E-state index >= 15 is 0 Å². The lowest BCUT2D eigenvalue weighted by molar-refractivity contribution is 0.219. The Morgan fingerprint density at radius 1 is 1.00 bits per heavy atom. The number of aryl methyl sites for hydroxylation is 2. The summed E-state index contributed by atoms with van der Waals surface area (Å²) in [5, 5.41) is 0. The maximum Gasteiger partial charge on any atom is 0.123 e. The molecule has 1 atom stereocenters. The van der Waals surface area contributed by atoms with Crippen LogP contribution in [0.15, 0.2) is 66.9 Å². The molecule has 0 spiro atoms. The van der Waals surface area contributed by atoms with E-state index in [1.54, 1.807) is 12.1 Å². The Morgan fingerprint density at radius 2 is 1.88 bits per heavy atom. The van der Waals surface area contributed by atoms with E-state index in [0.29, 0.717) is 0 Å². The van der Waals surface area contributed by atoms with E-state index in [2.05, 4.69) is 59.0 Å². The Kier molecular flexibility index (Phi) is 4.41. The summed E-state index contributed by atoms with van der Waals surface area (Å²) in [5.74, 6) is -0.164. The molecule has 2 nitrogen and oxygen atoms in total. The summed E-state index contributed by atoms with van der Waals surface area (Å²) in [6, 6.07) is 20.1. The summed E-state index contributed by atoms with van der Waals surface area (Å²) < 4.78 is 16.0. The lowest BCUT2D eigenvalue weighted by Gasteiger charge is -2.31. The van der Waals surface area contributed by atoms with Crippen LogP contribution in [0.2, 0.25) is 0 Å². The van der Waals surface area contributed by atoms with Gasteiger partial charge in [-0.25, -0.2) is 4.39 Å². The Morgan fingerprint density at radius 3 is 2.72 bits per heavy atom. The SMILES string of the molecule is Cc1ccccc1C1c2cccn2CCCN1Cc1cccc(F)c1. The average Bonchev–Trinajstić information content (AvgIpc) is 2.98. The minimum Gasteiger partial charge on any atom is -0.350 e. The zero-order valence-corrected chi connectivity index (χ0v) is 14.5. The van der Waals surface area contributed by atoms with Crippen LogP contribution in [-0.4, -0.2) is 16.0 Å². The van der Waals surface area contributed by atoms with E-state index in [-0.39, 0.29) is 11.9 Å². The average molecular weight is 334 g/mol. The van der Waals surface area contributed by atoms with Crippen LogP contribution in [0.1, 0.15) is 34.8 Å². The highest BCUT2D eigenvalue weighted by molar-refractivity contribution is 5.36. The van der Waals surface area contributed by atoms with Crippen molar-refractivity contribution in [3.63, 3.8) is 0 Å². The van der Waals surface area contributed by atoms with Gasteiger partial charge in [-0.1, -0.05) is 36.4 Å². The van der Waals surface area contributed by atoms with Crippen molar-refractivity contribution in [1.82, 2.24) is 9.47 Å². The summed E-state index contributed by atoms with van der Waals surface area (Å²) in [6.07, 6.45) is 3.27. The predicted molar refractivity (Wildman–Crippen MR) is 98.9 cm³/mol. The minimum atomic E-state index is -0.164. The molecule has 4 rings (SSSR count). The minimum absolute atomic E-state index is 0.164. The summed E-state index contributed by atoms with van der Waals surface area (Å²) in [6.45, 7) is 4.96. The number of halogens is 1. The molecule has 1 aromatic heterocycles. The van der Waals surface area contributed by atoms with Crippen LogP contribution < -0.4 is 0 Å². The number of hydrogen-bond acceptors (Lipinski definition) is 1. The van der Waals surface area contributed by atoms with E-state index < -0.39 is 0 Å². The Bertz CT molecular complexity index is 868. The van der Waals surface area contributed by atoms with Crippen LogP contribution in [-0.2, 0) is 13.1 Å². The number of nitrogens with zero attached hydrogens (tertiary/aromatic N) is 2. The molecule has 2 aromatic carbocycles. The lowest BCUT2D eigenvalue weighted by atomic mass is 9.96. The number of fused-ring (bicyclic) bond motifs is 1. The summed E-state index contributed by atoms with van der Waals surface area (Å²) in [7, 11) is 0. The second-order valence-electron chi connectivity index (χ2n) is 6.84. The van der Waals surface area contributed by atoms with Gasteiger partial charge in [0.1, 0.15) is 5.82 Å². The summed E-state index contributed by atoms with van der Waals surface area (Å²) in [5.41, 5.74) is 4.98. The molecule has 1 unspecified atom stereocenters.